The molecule has 5 nitrogen and oxygen atoms in total. The van der Waals surface area contributed by atoms with Crippen LogP contribution < -0.4 is 15.8 Å². The van der Waals surface area contributed by atoms with Crippen LogP contribution >= 0.6 is 0 Å². The third kappa shape index (κ3) is 4.01. The van der Waals surface area contributed by atoms with Crippen LogP contribution in [0.4, 0.5) is 4.39 Å². The third-order valence-electron chi connectivity index (χ3n) is 6.43. The normalized spacial score (nSPS) is 27.4. The highest BCUT2D eigenvalue weighted by Gasteiger charge is 2.52. The number of aliphatic hydroxyl groups excluding tert-OH is 1. The molecule has 6 heteroatoms. The molecule has 0 aromatic heterocycles. The van der Waals surface area contributed by atoms with Gasteiger partial charge in [0.1, 0.15) is 12.4 Å². The van der Waals surface area contributed by atoms with Gasteiger partial charge in [-0.1, -0.05) is 12.1 Å². The fourth-order valence-electron chi connectivity index (χ4n) is 4.53. The summed E-state index contributed by atoms with van der Waals surface area (Å²) in [5.41, 5.74) is 7.04. The lowest BCUT2D eigenvalue weighted by Gasteiger charge is -2.52. The van der Waals surface area contributed by atoms with Crippen molar-refractivity contribution in [3.8, 4) is 5.75 Å². The van der Waals surface area contributed by atoms with Gasteiger partial charge in [0.25, 0.3) is 0 Å². The first-order valence-electron chi connectivity index (χ1n) is 9.68. The first kappa shape index (κ1) is 19.8. The Labute approximate surface area is 159 Å². The number of rotatable bonds is 8. The Kier molecular flexibility index (Phi) is 6.17. The highest BCUT2D eigenvalue weighted by Crippen LogP contribution is 2.57. The SMILES string of the molecule is NC/C(=C\F)COc1ccc(C23CCC(C(=O)NCCO)(CC2)CC3)cc1. The van der Waals surface area contributed by atoms with E-state index in [2.05, 4.69) is 17.4 Å². The number of benzene rings is 1. The van der Waals surface area contributed by atoms with E-state index >= 15 is 0 Å². The Morgan fingerprint density at radius 3 is 2.33 bits per heavy atom. The minimum Gasteiger partial charge on any atom is -0.489 e. The summed E-state index contributed by atoms with van der Waals surface area (Å²) >= 11 is 0. The molecule has 2 bridgehead atoms. The van der Waals surface area contributed by atoms with Gasteiger partial charge >= 0.3 is 0 Å². The Morgan fingerprint density at radius 2 is 1.81 bits per heavy atom. The summed E-state index contributed by atoms with van der Waals surface area (Å²) in [4.78, 5) is 12.5. The molecule has 1 aromatic carbocycles. The third-order valence-corrected chi connectivity index (χ3v) is 6.43. The van der Waals surface area contributed by atoms with E-state index in [1.807, 2.05) is 12.1 Å². The van der Waals surface area contributed by atoms with Crippen LogP contribution in [0.1, 0.15) is 44.1 Å². The number of fused-ring (bicyclic) bond motifs is 3. The molecule has 0 aliphatic heterocycles. The molecule has 3 aliphatic rings. The van der Waals surface area contributed by atoms with Crippen LogP contribution in [0.5, 0.6) is 5.75 Å². The zero-order valence-electron chi connectivity index (χ0n) is 15.7. The Bertz CT molecular complexity index is 663. The number of carbonyl (C=O) groups excluding carboxylic acids is 1. The molecular weight excluding hydrogens is 347 g/mol. The molecule has 4 N–H and O–H groups in total. The Morgan fingerprint density at radius 1 is 1.19 bits per heavy atom. The number of hydrogen-bond acceptors (Lipinski definition) is 4. The van der Waals surface area contributed by atoms with Crippen LogP contribution in [-0.2, 0) is 10.2 Å². The zero-order chi connectivity index (χ0) is 19.3. The molecule has 0 spiro atoms. The van der Waals surface area contributed by atoms with Crippen molar-refractivity contribution in [2.45, 2.75) is 43.9 Å². The van der Waals surface area contributed by atoms with Crippen LogP contribution in [0.15, 0.2) is 36.2 Å². The van der Waals surface area contributed by atoms with Gasteiger partial charge in [-0.05, 0) is 61.6 Å². The second kappa shape index (κ2) is 8.40. The lowest BCUT2D eigenvalue weighted by Crippen LogP contribution is -2.52. The van der Waals surface area contributed by atoms with E-state index < -0.39 is 0 Å². The van der Waals surface area contributed by atoms with Gasteiger partial charge in [0.15, 0.2) is 0 Å². The van der Waals surface area contributed by atoms with E-state index in [1.165, 1.54) is 5.56 Å². The second-order valence-electron chi connectivity index (χ2n) is 7.82. The van der Waals surface area contributed by atoms with Gasteiger partial charge in [-0.2, -0.15) is 0 Å². The van der Waals surface area contributed by atoms with E-state index in [0.717, 1.165) is 38.5 Å². The van der Waals surface area contributed by atoms with Gasteiger partial charge in [0, 0.05) is 24.1 Å². The monoisotopic (exact) mass is 376 g/mol. The van der Waals surface area contributed by atoms with Crippen molar-refractivity contribution in [3.05, 3.63) is 41.7 Å². The summed E-state index contributed by atoms with van der Waals surface area (Å²) < 4.78 is 18.2. The smallest absolute Gasteiger partial charge is 0.226 e. The van der Waals surface area contributed by atoms with E-state index in [9.17, 15) is 9.18 Å². The van der Waals surface area contributed by atoms with Gasteiger partial charge in [-0.3, -0.25) is 4.79 Å². The molecule has 4 rings (SSSR count). The molecule has 0 radical (unpaired) electrons. The quantitative estimate of drug-likeness (QED) is 0.651. The van der Waals surface area contributed by atoms with Gasteiger partial charge in [-0.25, -0.2) is 4.39 Å². The van der Waals surface area contributed by atoms with Crippen molar-refractivity contribution >= 4 is 5.91 Å². The fourth-order valence-corrected chi connectivity index (χ4v) is 4.53. The molecule has 3 saturated carbocycles. The van der Waals surface area contributed by atoms with Crippen LogP contribution in [0.25, 0.3) is 0 Å². The average Bonchev–Trinajstić information content (AvgIpc) is 2.74. The van der Waals surface area contributed by atoms with E-state index in [0.29, 0.717) is 24.2 Å². The van der Waals surface area contributed by atoms with Crippen LogP contribution in [-0.4, -0.2) is 37.3 Å². The molecule has 0 saturated heterocycles. The van der Waals surface area contributed by atoms with Crippen molar-refractivity contribution in [3.63, 3.8) is 0 Å². The molecule has 1 aromatic rings. The summed E-state index contributed by atoms with van der Waals surface area (Å²) in [6.45, 7) is 0.610. The highest BCUT2D eigenvalue weighted by atomic mass is 19.1. The van der Waals surface area contributed by atoms with Crippen LogP contribution in [0.2, 0.25) is 0 Å². The van der Waals surface area contributed by atoms with Crippen molar-refractivity contribution in [2.24, 2.45) is 11.1 Å². The zero-order valence-corrected chi connectivity index (χ0v) is 15.7. The maximum absolute atomic E-state index is 12.6. The van der Waals surface area contributed by atoms with Crippen molar-refractivity contribution < 1.29 is 19.0 Å². The van der Waals surface area contributed by atoms with Crippen molar-refractivity contribution in [1.82, 2.24) is 5.32 Å². The molecule has 3 aliphatic carbocycles. The number of ether oxygens (including phenoxy) is 1. The van der Waals surface area contributed by atoms with E-state index in [4.69, 9.17) is 15.6 Å². The average molecular weight is 376 g/mol. The molecule has 1 amide bonds. The molecule has 0 heterocycles. The Hall–Kier alpha value is -1.92. The number of hydrogen-bond donors (Lipinski definition) is 3. The summed E-state index contributed by atoms with van der Waals surface area (Å²) in [5.74, 6) is 0.803. The van der Waals surface area contributed by atoms with Crippen molar-refractivity contribution in [1.29, 1.82) is 0 Å². The van der Waals surface area contributed by atoms with Gasteiger partial charge < -0.3 is 20.9 Å². The fraction of sp³-hybridized carbons (Fsp3) is 0.571. The maximum atomic E-state index is 12.6. The lowest BCUT2D eigenvalue weighted by molar-refractivity contribution is -0.138. The molecular formula is C21H29FN2O3. The highest BCUT2D eigenvalue weighted by molar-refractivity contribution is 5.83. The maximum Gasteiger partial charge on any atom is 0.226 e. The predicted molar refractivity (Wildman–Crippen MR) is 102 cm³/mol. The van der Waals surface area contributed by atoms with E-state index in [1.54, 1.807) is 0 Å². The number of nitrogens with two attached hydrogens (primary N) is 1. The number of nitrogens with one attached hydrogen (secondary N) is 1. The lowest BCUT2D eigenvalue weighted by atomic mass is 9.51. The predicted octanol–water partition coefficient (Wildman–Crippen LogP) is 2.58. The number of carbonyl (C=O) groups is 1. The Balaban J connectivity index is 1.63. The molecule has 0 atom stereocenters. The molecule has 0 unspecified atom stereocenters. The first-order chi connectivity index (χ1) is 13.1. The van der Waals surface area contributed by atoms with Gasteiger partial charge in [-0.15, -0.1) is 0 Å². The van der Waals surface area contributed by atoms with Gasteiger partial charge in [0.2, 0.25) is 5.91 Å². The number of amides is 1. The topological polar surface area (TPSA) is 84.6 Å². The minimum absolute atomic E-state index is 0.0198. The molecule has 148 valence electrons. The number of halogens is 1. The summed E-state index contributed by atoms with van der Waals surface area (Å²) in [6, 6.07) is 8.06. The largest absolute Gasteiger partial charge is 0.489 e. The van der Waals surface area contributed by atoms with Crippen LogP contribution in [0, 0.1) is 5.41 Å². The second-order valence-corrected chi connectivity index (χ2v) is 7.82. The van der Waals surface area contributed by atoms with E-state index in [-0.39, 0.29) is 36.5 Å². The molecule has 3 fully saturated rings. The van der Waals surface area contributed by atoms with Crippen LogP contribution in [0.3, 0.4) is 0 Å². The summed E-state index contributed by atoms with van der Waals surface area (Å²) in [6.07, 6.45) is 6.18. The standard InChI is InChI=1S/C21H29FN2O3/c22-13-16(14-23)15-27-18-3-1-17(2-4-18)20-5-8-21(9-6-20,10-7-20)19(26)24-11-12-25/h1-4,13,25H,5-12,14-15,23H2,(H,24,26)/b16-13+. The minimum atomic E-state index is -0.253. The summed E-state index contributed by atoms with van der Waals surface area (Å²) in [5, 5.41) is 11.8. The van der Waals surface area contributed by atoms with Gasteiger partial charge in [0.05, 0.1) is 12.9 Å². The molecule has 27 heavy (non-hydrogen) atoms. The first-order valence-corrected chi connectivity index (χ1v) is 9.68. The number of aliphatic hydroxyl groups is 1. The summed E-state index contributed by atoms with van der Waals surface area (Å²) in [7, 11) is 0. The van der Waals surface area contributed by atoms with Crippen molar-refractivity contribution in [2.75, 3.05) is 26.3 Å².